The van der Waals surface area contributed by atoms with Crippen LogP contribution < -0.4 is 10.6 Å². The van der Waals surface area contributed by atoms with Gasteiger partial charge in [0.25, 0.3) is 0 Å². The summed E-state index contributed by atoms with van der Waals surface area (Å²) in [5, 5.41) is 5.90. The molecule has 0 aliphatic heterocycles. The van der Waals surface area contributed by atoms with Crippen LogP contribution in [0.15, 0.2) is 23.1 Å². The van der Waals surface area contributed by atoms with Crippen molar-refractivity contribution in [1.29, 1.82) is 0 Å². The molecule has 0 aliphatic carbocycles. The van der Waals surface area contributed by atoms with E-state index in [1.54, 1.807) is 25.2 Å². The van der Waals surface area contributed by atoms with Gasteiger partial charge in [-0.15, -0.1) is 11.8 Å². The maximum Gasteiger partial charge on any atom is 0.247 e. The van der Waals surface area contributed by atoms with E-state index in [1.807, 2.05) is 0 Å². The lowest BCUT2D eigenvalue weighted by atomic mass is 10.3. The molecule has 0 bridgehead atoms. The third kappa shape index (κ3) is 5.76. The third-order valence-electron chi connectivity index (χ3n) is 2.20. The molecule has 2 N–H and O–H groups in total. The minimum absolute atomic E-state index is 0.185. The van der Waals surface area contributed by atoms with Crippen LogP contribution in [0.1, 0.15) is 6.42 Å². The zero-order chi connectivity index (χ0) is 14.3. The molecule has 0 aromatic heterocycles. The highest BCUT2D eigenvalue weighted by atomic mass is 35.5. The van der Waals surface area contributed by atoms with Crippen LogP contribution in [0.5, 0.6) is 0 Å². The first-order valence-electron chi connectivity index (χ1n) is 5.68. The number of nitrogens with one attached hydrogen (secondary N) is 2. The van der Waals surface area contributed by atoms with Crippen LogP contribution in [-0.2, 0) is 4.79 Å². The highest BCUT2D eigenvalue weighted by Gasteiger charge is 2.13. The van der Waals surface area contributed by atoms with Crippen molar-refractivity contribution in [2.75, 3.05) is 24.7 Å². The summed E-state index contributed by atoms with van der Waals surface area (Å²) in [7, 11) is 1.75. The van der Waals surface area contributed by atoms with Gasteiger partial charge in [-0.2, -0.15) is 0 Å². The van der Waals surface area contributed by atoms with Crippen LogP contribution in [-0.4, -0.2) is 31.7 Å². The first kappa shape index (κ1) is 16.2. The number of carbonyl (C=O) groups is 1. The van der Waals surface area contributed by atoms with Crippen molar-refractivity contribution < 1.29 is 13.6 Å². The van der Waals surface area contributed by atoms with E-state index in [1.165, 1.54) is 0 Å². The molecule has 106 valence electrons. The Balaban J connectivity index is 2.76. The zero-order valence-electron chi connectivity index (χ0n) is 10.4. The number of hydrogen-bond donors (Lipinski definition) is 2. The number of anilines is 1. The Kier molecular flexibility index (Phi) is 7.12. The molecule has 1 amide bonds. The summed E-state index contributed by atoms with van der Waals surface area (Å²) < 4.78 is 24.5. The van der Waals surface area contributed by atoms with Gasteiger partial charge in [-0.05, 0) is 19.2 Å². The summed E-state index contributed by atoms with van der Waals surface area (Å²) in [5.41, 5.74) is 0.472. The van der Waals surface area contributed by atoms with Crippen molar-refractivity contribution in [3.8, 4) is 0 Å². The van der Waals surface area contributed by atoms with Crippen molar-refractivity contribution >= 4 is 35.0 Å². The van der Waals surface area contributed by atoms with Crippen molar-refractivity contribution in [3.05, 3.63) is 23.2 Å². The summed E-state index contributed by atoms with van der Waals surface area (Å²) in [6.45, 7) is 0.548. The number of halogens is 3. The molecular weight excluding hydrogens is 294 g/mol. The van der Waals surface area contributed by atoms with E-state index in [2.05, 4.69) is 10.6 Å². The standard InChI is InChI=1S/C12H15ClF2N2OS/c1-16-6-5-11(18)17-9-4-2-3-8(13)12(9)19-7-10(14)15/h2-4,10,16H,5-7H2,1H3,(H,17,18). The average molecular weight is 309 g/mol. The number of alkyl halides is 2. The SMILES string of the molecule is CNCCC(=O)Nc1cccc(Cl)c1SCC(F)F. The van der Waals surface area contributed by atoms with Crippen LogP contribution in [0.25, 0.3) is 0 Å². The first-order chi connectivity index (χ1) is 9.04. The van der Waals surface area contributed by atoms with E-state index in [0.29, 0.717) is 28.6 Å². The summed E-state index contributed by atoms with van der Waals surface area (Å²) >= 11 is 6.91. The number of amides is 1. The molecular formula is C12H15ClF2N2OS. The van der Waals surface area contributed by atoms with E-state index < -0.39 is 6.43 Å². The summed E-state index contributed by atoms with van der Waals surface area (Å²) in [6.07, 6.45) is -2.11. The fourth-order valence-electron chi connectivity index (χ4n) is 1.35. The van der Waals surface area contributed by atoms with Gasteiger partial charge in [0.15, 0.2) is 0 Å². The Hall–Kier alpha value is -0.850. The first-order valence-corrected chi connectivity index (χ1v) is 7.05. The fourth-order valence-corrected chi connectivity index (χ4v) is 2.46. The molecule has 0 saturated heterocycles. The number of carbonyl (C=O) groups excluding carboxylic acids is 1. The minimum Gasteiger partial charge on any atom is -0.325 e. The number of rotatable bonds is 7. The third-order valence-corrected chi connectivity index (χ3v) is 3.77. The summed E-state index contributed by atoms with van der Waals surface area (Å²) in [4.78, 5) is 12.1. The van der Waals surface area contributed by atoms with E-state index in [0.717, 1.165) is 11.8 Å². The molecule has 0 aliphatic rings. The minimum atomic E-state index is -2.42. The van der Waals surface area contributed by atoms with Crippen molar-refractivity contribution in [3.63, 3.8) is 0 Å². The van der Waals surface area contributed by atoms with Gasteiger partial charge in [0.2, 0.25) is 12.3 Å². The monoisotopic (exact) mass is 308 g/mol. The lowest BCUT2D eigenvalue weighted by molar-refractivity contribution is -0.116. The van der Waals surface area contributed by atoms with Crippen LogP contribution in [0.3, 0.4) is 0 Å². The molecule has 0 spiro atoms. The lowest BCUT2D eigenvalue weighted by Gasteiger charge is -2.12. The topological polar surface area (TPSA) is 41.1 Å². The molecule has 1 aromatic carbocycles. The van der Waals surface area contributed by atoms with Gasteiger partial charge in [-0.25, -0.2) is 8.78 Å². The molecule has 0 radical (unpaired) electrons. The van der Waals surface area contributed by atoms with Crippen LogP contribution in [0.4, 0.5) is 14.5 Å². The summed E-state index contributed by atoms with van der Waals surface area (Å²) in [6, 6.07) is 4.93. The predicted octanol–water partition coefficient (Wildman–Crippen LogP) is 3.25. The largest absolute Gasteiger partial charge is 0.325 e. The van der Waals surface area contributed by atoms with Crippen molar-refractivity contribution in [1.82, 2.24) is 5.32 Å². The van der Waals surface area contributed by atoms with E-state index in [4.69, 9.17) is 11.6 Å². The predicted molar refractivity (Wildman–Crippen MR) is 75.4 cm³/mol. The molecule has 0 atom stereocenters. The Bertz CT molecular complexity index is 432. The molecule has 1 aromatic rings. The van der Waals surface area contributed by atoms with Crippen molar-refractivity contribution in [2.24, 2.45) is 0 Å². The Morgan fingerprint density at radius 2 is 2.21 bits per heavy atom. The van der Waals surface area contributed by atoms with Gasteiger partial charge in [0, 0.05) is 17.9 Å². The van der Waals surface area contributed by atoms with Crippen LogP contribution in [0.2, 0.25) is 5.02 Å². The van der Waals surface area contributed by atoms with E-state index in [9.17, 15) is 13.6 Å². The number of thioether (sulfide) groups is 1. The second kappa shape index (κ2) is 8.35. The van der Waals surface area contributed by atoms with Gasteiger partial charge < -0.3 is 10.6 Å². The Morgan fingerprint density at radius 3 is 2.84 bits per heavy atom. The molecule has 0 fully saturated rings. The molecule has 3 nitrogen and oxygen atoms in total. The van der Waals surface area contributed by atoms with Gasteiger partial charge >= 0.3 is 0 Å². The molecule has 0 heterocycles. The Morgan fingerprint density at radius 1 is 1.47 bits per heavy atom. The molecule has 1 rings (SSSR count). The fraction of sp³-hybridized carbons (Fsp3) is 0.417. The van der Waals surface area contributed by atoms with Crippen LogP contribution >= 0.6 is 23.4 Å². The van der Waals surface area contributed by atoms with Crippen LogP contribution in [0, 0.1) is 0 Å². The summed E-state index contributed by atoms with van der Waals surface area (Å²) in [5.74, 6) is -0.543. The maximum atomic E-state index is 12.3. The van der Waals surface area contributed by atoms with Gasteiger partial charge in [0.1, 0.15) is 0 Å². The molecule has 0 unspecified atom stereocenters. The van der Waals surface area contributed by atoms with E-state index in [-0.39, 0.29) is 11.7 Å². The highest BCUT2D eigenvalue weighted by Crippen LogP contribution is 2.35. The molecule has 0 saturated carbocycles. The Labute approximate surface area is 120 Å². The normalized spacial score (nSPS) is 10.8. The zero-order valence-corrected chi connectivity index (χ0v) is 12.0. The van der Waals surface area contributed by atoms with Gasteiger partial charge in [-0.1, -0.05) is 17.7 Å². The lowest BCUT2D eigenvalue weighted by Crippen LogP contribution is -2.19. The highest BCUT2D eigenvalue weighted by molar-refractivity contribution is 7.99. The smallest absolute Gasteiger partial charge is 0.247 e. The van der Waals surface area contributed by atoms with Gasteiger partial charge in [-0.3, -0.25) is 4.79 Å². The average Bonchev–Trinajstić information content (AvgIpc) is 2.35. The quantitative estimate of drug-likeness (QED) is 0.760. The number of hydrogen-bond acceptors (Lipinski definition) is 3. The van der Waals surface area contributed by atoms with Gasteiger partial charge in [0.05, 0.1) is 16.5 Å². The molecule has 19 heavy (non-hydrogen) atoms. The maximum absolute atomic E-state index is 12.3. The van der Waals surface area contributed by atoms with Crippen molar-refractivity contribution in [2.45, 2.75) is 17.7 Å². The second-order valence-electron chi connectivity index (χ2n) is 3.72. The second-order valence-corrected chi connectivity index (χ2v) is 5.16. The number of benzene rings is 1. The molecule has 7 heteroatoms. The van der Waals surface area contributed by atoms with E-state index >= 15 is 0 Å².